The third kappa shape index (κ3) is 8.85. The van der Waals surface area contributed by atoms with E-state index in [0.717, 1.165) is 17.1 Å². The fraction of sp³-hybridized carbons (Fsp3) is 0.111. The number of nitrogen functional groups attached to an aromatic ring is 3. The van der Waals surface area contributed by atoms with Crippen molar-refractivity contribution in [3.8, 4) is 33.4 Å². The molecule has 0 atom stereocenters. The first-order valence-electron chi connectivity index (χ1n) is 19.5. The van der Waals surface area contributed by atoms with Gasteiger partial charge in [0.15, 0.2) is 0 Å². The maximum atomic E-state index is 5.94. The Morgan fingerprint density at radius 3 is 1.19 bits per heavy atom. The van der Waals surface area contributed by atoms with Gasteiger partial charge in [0.05, 0.1) is 0 Å². The molecule has 0 aromatic heterocycles. The highest BCUT2D eigenvalue weighted by atomic mass is 14.5. The predicted molar refractivity (Wildman–Crippen MR) is 250 cm³/mol. The van der Waals surface area contributed by atoms with Gasteiger partial charge in [0, 0.05) is 17.1 Å². The zero-order valence-corrected chi connectivity index (χ0v) is 33.8. The van der Waals surface area contributed by atoms with E-state index in [9.17, 15) is 0 Å². The van der Waals surface area contributed by atoms with E-state index < -0.39 is 0 Å². The number of rotatable bonds is 3. The summed E-state index contributed by atoms with van der Waals surface area (Å²) in [6.07, 6.45) is 0. The molecule has 3 heteroatoms. The summed E-state index contributed by atoms with van der Waals surface area (Å²) in [7, 11) is 0. The number of benzene rings is 9. The zero-order chi connectivity index (χ0) is 40.2. The lowest BCUT2D eigenvalue weighted by molar-refractivity contribution is 1.46. The molecule has 0 fully saturated rings. The van der Waals surface area contributed by atoms with Gasteiger partial charge in [-0.1, -0.05) is 120 Å². The van der Waals surface area contributed by atoms with Crippen LogP contribution in [0.3, 0.4) is 0 Å². The van der Waals surface area contributed by atoms with Gasteiger partial charge in [-0.05, 0) is 184 Å². The van der Waals surface area contributed by atoms with Crippen LogP contribution in [0.5, 0.6) is 0 Å². The number of hydrogen-bond donors (Lipinski definition) is 3. The van der Waals surface area contributed by atoms with Gasteiger partial charge in [-0.3, -0.25) is 0 Å². The molecule has 6 N–H and O–H groups in total. The van der Waals surface area contributed by atoms with Crippen LogP contribution in [0.2, 0.25) is 0 Å². The second-order valence-electron chi connectivity index (χ2n) is 15.4. The van der Waals surface area contributed by atoms with Crippen molar-refractivity contribution in [3.05, 3.63) is 197 Å². The highest BCUT2D eigenvalue weighted by Crippen LogP contribution is 2.31. The van der Waals surface area contributed by atoms with Crippen LogP contribution in [-0.4, -0.2) is 0 Å². The molecular formula is C54H51N3. The fourth-order valence-electron chi connectivity index (χ4n) is 7.76. The number of aryl methyl sites for hydroxylation is 6. The molecule has 282 valence electrons. The van der Waals surface area contributed by atoms with Gasteiger partial charge in [-0.25, -0.2) is 0 Å². The van der Waals surface area contributed by atoms with Crippen molar-refractivity contribution in [2.45, 2.75) is 41.5 Å². The molecule has 57 heavy (non-hydrogen) atoms. The van der Waals surface area contributed by atoms with Gasteiger partial charge in [0.25, 0.3) is 0 Å². The van der Waals surface area contributed by atoms with Crippen molar-refractivity contribution in [3.63, 3.8) is 0 Å². The van der Waals surface area contributed by atoms with E-state index in [1.165, 1.54) is 99.1 Å². The standard InChI is InChI=1S/3C18H17N/c1-12-3-5-14(6-4-12)15-7-8-18-13(2)9-17(19)11-16(18)10-15;1-12-4-3-5-14(8-12)15-6-7-18-13(2)9-17(19)11-16(18)10-15;1-12-5-3-4-6-17(12)14-7-8-18-13(2)9-16(19)11-15(18)10-14/h3*3-11H,19H2,1-2H3. The second kappa shape index (κ2) is 16.5. The molecule has 9 aromatic carbocycles. The van der Waals surface area contributed by atoms with Crippen LogP contribution >= 0.6 is 0 Å². The zero-order valence-electron chi connectivity index (χ0n) is 33.8. The Balaban J connectivity index is 0.000000131. The van der Waals surface area contributed by atoms with Crippen molar-refractivity contribution in [1.82, 2.24) is 0 Å². The van der Waals surface area contributed by atoms with E-state index in [2.05, 4.69) is 169 Å². The molecule has 0 aliphatic rings. The van der Waals surface area contributed by atoms with Gasteiger partial charge < -0.3 is 17.2 Å². The van der Waals surface area contributed by atoms with Crippen LogP contribution < -0.4 is 17.2 Å². The van der Waals surface area contributed by atoms with E-state index in [0.29, 0.717) is 0 Å². The van der Waals surface area contributed by atoms with E-state index >= 15 is 0 Å². The van der Waals surface area contributed by atoms with Crippen LogP contribution in [0.1, 0.15) is 33.4 Å². The van der Waals surface area contributed by atoms with E-state index in [4.69, 9.17) is 17.2 Å². The van der Waals surface area contributed by atoms with Gasteiger partial charge in [-0.15, -0.1) is 0 Å². The Labute approximate surface area is 337 Å². The third-order valence-corrected chi connectivity index (χ3v) is 10.7. The van der Waals surface area contributed by atoms with Crippen molar-refractivity contribution in [1.29, 1.82) is 0 Å². The minimum atomic E-state index is 0.825. The average molecular weight is 742 g/mol. The number of hydrogen-bond acceptors (Lipinski definition) is 3. The van der Waals surface area contributed by atoms with Gasteiger partial charge >= 0.3 is 0 Å². The summed E-state index contributed by atoms with van der Waals surface area (Å²) in [6, 6.07) is 57.6. The Morgan fingerprint density at radius 1 is 0.281 bits per heavy atom. The fourth-order valence-corrected chi connectivity index (χ4v) is 7.76. The molecule has 0 radical (unpaired) electrons. The molecule has 0 heterocycles. The largest absolute Gasteiger partial charge is 0.399 e. The van der Waals surface area contributed by atoms with Crippen molar-refractivity contribution < 1.29 is 0 Å². The SMILES string of the molecule is Cc1ccc(-c2ccc3c(C)cc(N)cc3c2)cc1.Cc1cccc(-c2ccc3c(C)cc(N)cc3c2)c1.Cc1ccccc1-c1ccc2c(C)cc(N)cc2c1. The van der Waals surface area contributed by atoms with Crippen LogP contribution in [-0.2, 0) is 0 Å². The molecule has 9 rings (SSSR count). The quantitative estimate of drug-likeness (QED) is 0.158. The van der Waals surface area contributed by atoms with Crippen LogP contribution in [0.4, 0.5) is 17.1 Å². The van der Waals surface area contributed by atoms with Gasteiger partial charge in [0.2, 0.25) is 0 Å². The summed E-state index contributed by atoms with van der Waals surface area (Å²) in [6.45, 7) is 12.7. The normalized spacial score (nSPS) is 10.8. The molecule has 3 nitrogen and oxygen atoms in total. The van der Waals surface area contributed by atoms with Crippen molar-refractivity contribution >= 4 is 49.4 Å². The predicted octanol–water partition coefficient (Wildman–Crippen LogP) is 14.1. The Bertz CT molecular complexity index is 2880. The second-order valence-corrected chi connectivity index (χ2v) is 15.4. The maximum absolute atomic E-state index is 5.94. The average Bonchev–Trinajstić information content (AvgIpc) is 3.18. The third-order valence-electron chi connectivity index (χ3n) is 10.7. The molecule has 0 amide bonds. The van der Waals surface area contributed by atoms with Crippen LogP contribution in [0.25, 0.3) is 65.7 Å². The number of fused-ring (bicyclic) bond motifs is 3. The monoisotopic (exact) mass is 741 g/mol. The van der Waals surface area contributed by atoms with E-state index in [1.807, 2.05) is 36.4 Å². The number of nitrogens with two attached hydrogens (primary N) is 3. The summed E-state index contributed by atoms with van der Waals surface area (Å²) < 4.78 is 0. The van der Waals surface area contributed by atoms with Crippen LogP contribution in [0.15, 0.2) is 164 Å². The molecule has 0 saturated carbocycles. The molecule has 0 saturated heterocycles. The first-order chi connectivity index (χ1) is 27.4. The topological polar surface area (TPSA) is 78.1 Å². The Kier molecular flexibility index (Phi) is 11.1. The molecule has 9 aromatic rings. The molecule has 0 bridgehead atoms. The summed E-state index contributed by atoms with van der Waals surface area (Å²) in [5, 5.41) is 7.42. The molecular weight excluding hydrogens is 691 g/mol. The Morgan fingerprint density at radius 2 is 0.702 bits per heavy atom. The lowest BCUT2D eigenvalue weighted by atomic mass is 9.96. The summed E-state index contributed by atoms with van der Waals surface area (Å²) >= 11 is 0. The van der Waals surface area contributed by atoms with Crippen molar-refractivity contribution in [2.75, 3.05) is 17.2 Å². The Hall–Kier alpha value is -6.84. The molecule has 0 aliphatic carbocycles. The smallest absolute Gasteiger partial charge is 0.0323 e. The molecule has 0 aliphatic heterocycles. The van der Waals surface area contributed by atoms with Crippen molar-refractivity contribution in [2.24, 2.45) is 0 Å². The van der Waals surface area contributed by atoms with Crippen LogP contribution in [0, 0.1) is 41.5 Å². The minimum absolute atomic E-state index is 0.825. The summed E-state index contributed by atoms with van der Waals surface area (Å²) in [4.78, 5) is 0. The maximum Gasteiger partial charge on any atom is 0.0323 e. The summed E-state index contributed by atoms with van der Waals surface area (Å²) in [5.74, 6) is 0. The highest BCUT2D eigenvalue weighted by Gasteiger charge is 2.06. The van der Waals surface area contributed by atoms with Gasteiger partial charge in [-0.2, -0.15) is 0 Å². The molecule has 0 spiro atoms. The lowest BCUT2D eigenvalue weighted by Crippen LogP contribution is -1.88. The summed E-state index contributed by atoms with van der Waals surface area (Å²) in [5.41, 5.74) is 35.3. The lowest BCUT2D eigenvalue weighted by Gasteiger charge is -2.09. The highest BCUT2D eigenvalue weighted by molar-refractivity contribution is 5.94. The first-order valence-corrected chi connectivity index (χ1v) is 19.5. The molecule has 0 unspecified atom stereocenters. The minimum Gasteiger partial charge on any atom is -0.399 e. The van der Waals surface area contributed by atoms with Gasteiger partial charge in [0.1, 0.15) is 0 Å². The van der Waals surface area contributed by atoms with E-state index in [-0.39, 0.29) is 0 Å². The number of anilines is 3. The first kappa shape index (κ1) is 38.4. The van der Waals surface area contributed by atoms with E-state index in [1.54, 1.807) is 0 Å².